The molecule has 0 fully saturated rings. The summed E-state index contributed by atoms with van der Waals surface area (Å²) in [6.45, 7) is -1.49. The van der Waals surface area contributed by atoms with Gasteiger partial charge in [-0.25, -0.2) is 0 Å². The molecule has 0 radical (unpaired) electrons. The second kappa shape index (κ2) is 6.51. The number of fused-ring (bicyclic) bond motifs is 1. The van der Waals surface area contributed by atoms with E-state index in [0.717, 1.165) is 18.3 Å². The summed E-state index contributed by atoms with van der Waals surface area (Å²) < 4.78 is 38.0. The lowest BCUT2D eigenvalue weighted by atomic mass is 10.1. The van der Waals surface area contributed by atoms with Crippen LogP contribution in [0.15, 0.2) is 58.4 Å². The molecule has 0 saturated carbocycles. The highest BCUT2D eigenvalue weighted by Gasteiger charge is 2.28. The van der Waals surface area contributed by atoms with Crippen molar-refractivity contribution in [3.8, 4) is 0 Å². The summed E-state index contributed by atoms with van der Waals surface area (Å²) in [4.78, 5) is 38.2. The number of hydrogen-bond acceptors (Lipinski definition) is 3. The zero-order valence-electron chi connectivity index (χ0n) is 13.1. The van der Waals surface area contributed by atoms with Gasteiger partial charge >= 0.3 is 6.18 Å². The molecule has 0 aliphatic rings. The Labute approximate surface area is 143 Å². The second-order valence-corrected chi connectivity index (χ2v) is 5.53. The van der Waals surface area contributed by atoms with Crippen LogP contribution in [-0.4, -0.2) is 21.6 Å². The molecule has 0 unspecified atom stereocenters. The number of alkyl halides is 3. The predicted octanol–water partition coefficient (Wildman–Crippen LogP) is 2.50. The Morgan fingerprint density at radius 3 is 2.58 bits per heavy atom. The Balaban J connectivity index is 1.94. The number of H-pyrrole nitrogens is 1. The molecule has 26 heavy (non-hydrogen) atoms. The molecular weight excluding hydrogens is 351 g/mol. The van der Waals surface area contributed by atoms with Crippen LogP contribution in [0.5, 0.6) is 0 Å². The van der Waals surface area contributed by atoms with Gasteiger partial charge in [-0.05, 0) is 24.3 Å². The van der Waals surface area contributed by atoms with Gasteiger partial charge in [0.05, 0.1) is 5.56 Å². The Morgan fingerprint density at radius 2 is 1.85 bits per heavy atom. The molecule has 1 amide bonds. The van der Waals surface area contributed by atoms with E-state index >= 15 is 0 Å². The summed E-state index contributed by atoms with van der Waals surface area (Å²) in [5.41, 5.74) is -0.990. The number of carbonyl (C=O) groups is 1. The number of rotatable bonds is 3. The molecule has 2 aromatic heterocycles. The Bertz CT molecular complexity index is 1100. The maximum absolute atomic E-state index is 12.5. The lowest BCUT2D eigenvalue weighted by Crippen LogP contribution is -2.28. The number of aromatic amines is 1. The first-order valence-electron chi connectivity index (χ1n) is 7.43. The van der Waals surface area contributed by atoms with E-state index in [9.17, 15) is 27.6 Å². The van der Waals surface area contributed by atoms with E-state index in [4.69, 9.17) is 0 Å². The van der Waals surface area contributed by atoms with E-state index in [1.807, 2.05) is 0 Å². The van der Waals surface area contributed by atoms with Gasteiger partial charge in [0.15, 0.2) is 0 Å². The number of nitrogens with zero attached hydrogens (tertiary/aromatic N) is 1. The number of nitrogens with one attached hydrogen (secondary N) is 2. The van der Waals surface area contributed by atoms with Gasteiger partial charge in [0, 0.05) is 34.9 Å². The number of halogens is 3. The highest BCUT2D eigenvalue weighted by atomic mass is 19.4. The molecular formula is C17H12F3N3O3. The largest absolute Gasteiger partial charge is 0.406 e. The summed E-state index contributed by atoms with van der Waals surface area (Å²) in [5.74, 6) is -0.700. The zero-order chi connectivity index (χ0) is 18.9. The van der Waals surface area contributed by atoms with E-state index in [-0.39, 0.29) is 11.1 Å². The van der Waals surface area contributed by atoms with Crippen molar-refractivity contribution < 1.29 is 18.0 Å². The van der Waals surface area contributed by atoms with Gasteiger partial charge in [0.25, 0.3) is 17.0 Å². The van der Waals surface area contributed by atoms with Crippen LogP contribution >= 0.6 is 0 Å². The quantitative estimate of drug-likeness (QED) is 0.750. The minimum absolute atomic E-state index is 0.115. The molecule has 2 heterocycles. The summed E-state index contributed by atoms with van der Waals surface area (Å²) in [6.07, 6.45) is -2.32. The Hall–Kier alpha value is -3.36. The first-order valence-corrected chi connectivity index (χ1v) is 7.43. The highest BCUT2D eigenvalue weighted by Crippen LogP contribution is 2.21. The first-order chi connectivity index (χ1) is 12.2. The Kier molecular flexibility index (Phi) is 4.37. The minimum Gasteiger partial charge on any atom is -0.329 e. The molecule has 3 rings (SSSR count). The number of hydrogen-bond donors (Lipinski definition) is 2. The van der Waals surface area contributed by atoms with Gasteiger partial charge in [-0.2, -0.15) is 13.2 Å². The Morgan fingerprint density at radius 1 is 1.08 bits per heavy atom. The first kappa shape index (κ1) is 17.5. The second-order valence-electron chi connectivity index (χ2n) is 5.53. The van der Waals surface area contributed by atoms with E-state index in [1.165, 1.54) is 6.20 Å². The average Bonchev–Trinajstić information content (AvgIpc) is 2.56. The van der Waals surface area contributed by atoms with E-state index in [1.54, 1.807) is 24.3 Å². The fraction of sp³-hybridized carbons (Fsp3) is 0.118. The normalized spacial score (nSPS) is 11.5. The zero-order valence-corrected chi connectivity index (χ0v) is 13.1. The van der Waals surface area contributed by atoms with Crippen molar-refractivity contribution >= 4 is 22.4 Å². The number of amides is 1. The third-order valence-electron chi connectivity index (χ3n) is 3.66. The molecule has 134 valence electrons. The van der Waals surface area contributed by atoms with Gasteiger partial charge < -0.3 is 14.9 Å². The van der Waals surface area contributed by atoms with Crippen molar-refractivity contribution in [1.82, 2.24) is 9.55 Å². The van der Waals surface area contributed by atoms with E-state index in [2.05, 4.69) is 10.3 Å². The molecule has 9 heteroatoms. The van der Waals surface area contributed by atoms with Crippen molar-refractivity contribution in [2.24, 2.45) is 0 Å². The number of pyridine rings is 2. The summed E-state index contributed by atoms with van der Waals surface area (Å²) in [5, 5.41) is 3.38. The van der Waals surface area contributed by atoms with Crippen LogP contribution in [0.4, 0.5) is 18.9 Å². The highest BCUT2D eigenvalue weighted by molar-refractivity contribution is 6.08. The van der Waals surface area contributed by atoms with Gasteiger partial charge in [0.2, 0.25) is 0 Å². The van der Waals surface area contributed by atoms with Crippen molar-refractivity contribution in [3.63, 3.8) is 0 Å². The topological polar surface area (TPSA) is 84.0 Å². The summed E-state index contributed by atoms with van der Waals surface area (Å²) >= 11 is 0. The van der Waals surface area contributed by atoms with Crippen LogP contribution in [0, 0.1) is 0 Å². The van der Waals surface area contributed by atoms with Crippen LogP contribution < -0.4 is 16.4 Å². The molecule has 0 bridgehead atoms. The molecule has 0 spiro atoms. The number of carbonyl (C=O) groups excluding carboxylic acids is 1. The minimum atomic E-state index is -4.59. The molecule has 0 saturated heterocycles. The molecule has 3 aromatic rings. The SMILES string of the molecule is O=C(Nc1cccc2c(=O)[nH]ccc12)c1ccc(=O)n(CC(F)(F)F)c1. The lowest BCUT2D eigenvalue weighted by Gasteiger charge is -2.12. The maximum Gasteiger partial charge on any atom is 0.406 e. The number of benzene rings is 1. The monoisotopic (exact) mass is 363 g/mol. The molecule has 0 aliphatic carbocycles. The van der Waals surface area contributed by atoms with Gasteiger partial charge in [-0.3, -0.25) is 14.4 Å². The van der Waals surface area contributed by atoms with Gasteiger partial charge in [-0.15, -0.1) is 0 Å². The summed E-state index contributed by atoms with van der Waals surface area (Å²) in [6, 6.07) is 8.34. The van der Waals surface area contributed by atoms with Gasteiger partial charge in [-0.1, -0.05) is 6.07 Å². The van der Waals surface area contributed by atoms with Crippen molar-refractivity contribution in [2.45, 2.75) is 12.7 Å². The lowest BCUT2D eigenvalue weighted by molar-refractivity contribution is -0.141. The van der Waals surface area contributed by atoms with Crippen LogP contribution in [0.1, 0.15) is 10.4 Å². The van der Waals surface area contributed by atoms with Crippen LogP contribution in [-0.2, 0) is 6.54 Å². The third kappa shape index (κ3) is 3.66. The molecule has 2 N–H and O–H groups in total. The van der Waals surface area contributed by atoms with Gasteiger partial charge in [0.1, 0.15) is 6.54 Å². The fourth-order valence-electron chi connectivity index (χ4n) is 2.51. The summed E-state index contributed by atoms with van der Waals surface area (Å²) in [7, 11) is 0. The van der Waals surface area contributed by atoms with Crippen molar-refractivity contribution in [1.29, 1.82) is 0 Å². The van der Waals surface area contributed by atoms with Crippen molar-refractivity contribution in [2.75, 3.05) is 5.32 Å². The van der Waals surface area contributed by atoms with E-state index < -0.39 is 24.2 Å². The average molecular weight is 363 g/mol. The molecule has 1 aromatic carbocycles. The molecule has 0 atom stereocenters. The third-order valence-corrected chi connectivity index (χ3v) is 3.66. The number of anilines is 1. The smallest absolute Gasteiger partial charge is 0.329 e. The fourth-order valence-corrected chi connectivity index (χ4v) is 2.51. The molecule has 6 nitrogen and oxygen atoms in total. The van der Waals surface area contributed by atoms with Crippen LogP contribution in [0.25, 0.3) is 10.8 Å². The standard InChI is InChI=1S/C17H12F3N3O3/c18-17(19,20)9-23-8-10(4-5-14(23)24)15(25)22-13-3-1-2-12-11(13)6-7-21-16(12)26/h1-8H,9H2,(H,21,26)(H,22,25). The van der Waals surface area contributed by atoms with Crippen molar-refractivity contribution in [3.05, 3.63) is 75.1 Å². The number of aromatic nitrogens is 2. The van der Waals surface area contributed by atoms with Crippen LogP contribution in [0.3, 0.4) is 0 Å². The van der Waals surface area contributed by atoms with Crippen LogP contribution in [0.2, 0.25) is 0 Å². The maximum atomic E-state index is 12.5. The molecule has 0 aliphatic heterocycles. The predicted molar refractivity (Wildman–Crippen MR) is 89.3 cm³/mol. The van der Waals surface area contributed by atoms with E-state index in [0.29, 0.717) is 21.0 Å².